The Morgan fingerprint density at radius 3 is 2.89 bits per heavy atom. The maximum absolute atomic E-state index is 5.77. The van der Waals surface area contributed by atoms with E-state index in [1.807, 2.05) is 18.2 Å². The first kappa shape index (κ1) is 11.5. The van der Waals surface area contributed by atoms with E-state index in [1.165, 1.54) is 12.0 Å². The average molecular weight is 305 g/mol. The highest BCUT2D eigenvalue weighted by molar-refractivity contribution is 9.10. The molecule has 0 atom stereocenters. The van der Waals surface area contributed by atoms with Gasteiger partial charge in [0.25, 0.3) is 0 Å². The summed E-state index contributed by atoms with van der Waals surface area (Å²) in [6.45, 7) is 0. The molecule has 1 aromatic heterocycles. The normalized spacial score (nSPS) is 13.4. The van der Waals surface area contributed by atoms with Gasteiger partial charge in [-0.05, 0) is 37.0 Å². The summed E-state index contributed by atoms with van der Waals surface area (Å²) in [6.07, 6.45) is 3.37. The van der Waals surface area contributed by atoms with Crippen molar-refractivity contribution in [3.8, 4) is 11.6 Å². The molecule has 0 unspecified atom stereocenters. The minimum atomic E-state index is 0.633. The monoisotopic (exact) mass is 304 g/mol. The summed E-state index contributed by atoms with van der Waals surface area (Å²) in [7, 11) is 0. The summed E-state index contributed by atoms with van der Waals surface area (Å²) in [6, 6.07) is 9.53. The van der Waals surface area contributed by atoms with Crippen LogP contribution in [0.3, 0.4) is 0 Å². The zero-order valence-electron chi connectivity index (χ0n) is 9.82. The average Bonchev–Trinajstić information content (AvgIpc) is 2.74. The van der Waals surface area contributed by atoms with Crippen LogP contribution < -0.4 is 10.5 Å². The van der Waals surface area contributed by atoms with Gasteiger partial charge in [-0.1, -0.05) is 22.0 Å². The first-order chi connectivity index (χ1) is 8.70. The molecule has 4 heteroatoms. The van der Waals surface area contributed by atoms with Crippen LogP contribution in [0.4, 0.5) is 5.69 Å². The topological polar surface area (TPSA) is 48.1 Å². The molecule has 0 fully saturated rings. The van der Waals surface area contributed by atoms with Gasteiger partial charge in [0.2, 0.25) is 5.88 Å². The number of anilines is 1. The fourth-order valence-corrected chi connectivity index (χ4v) is 2.71. The predicted molar refractivity (Wildman–Crippen MR) is 74.9 cm³/mol. The van der Waals surface area contributed by atoms with Gasteiger partial charge in [0, 0.05) is 28.0 Å². The molecule has 1 aliphatic rings. The summed E-state index contributed by atoms with van der Waals surface area (Å²) in [5, 5.41) is 0. The summed E-state index contributed by atoms with van der Waals surface area (Å²) in [4.78, 5) is 4.53. The number of aromatic nitrogens is 1. The van der Waals surface area contributed by atoms with Gasteiger partial charge < -0.3 is 10.5 Å². The van der Waals surface area contributed by atoms with E-state index in [2.05, 4.69) is 27.0 Å². The lowest BCUT2D eigenvalue weighted by molar-refractivity contribution is 0.461. The van der Waals surface area contributed by atoms with E-state index in [0.717, 1.165) is 23.0 Å². The second-order valence-electron chi connectivity index (χ2n) is 4.43. The van der Waals surface area contributed by atoms with Crippen LogP contribution in [-0.2, 0) is 12.8 Å². The number of nitrogen functional groups attached to an aromatic ring is 1. The van der Waals surface area contributed by atoms with Crippen LogP contribution in [0.25, 0.3) is 0 Å². The first-order valence-electron chi connectivity index (χ1n) is 5.93. The van der Waals surface area contributed by atoms with Gasteiger partial charge in [-0.2, -0.15) is 0 Å². The number of fused-ring (bicyclic) bond motifs is 1. The largest absolute Gasteiger partial charge is 0.439 e. The maximum Gasteiger partial charge on any atom is 0.219 e. The van der Waals surface area contributed by atoms with E-state index < -0.39 is 0 Å². The SMILES string of the molecule is Nc1cc(Br)cc(Oc2ccc3c(n2)CCC3)c1. The van der Waals surface area contributed by atoms with Crippen molar-refractivity contribution in [1.82, 2.24) is 4.98 Å². The molecule has 92 valence electrons. The standard InChI is InChI=1S/C14H13BrN2O/c15-10-6-11(16)8-12(7-10)18-14-5-4-9-2-1-3-13(9)17-14/h4-8H,1-3,16H2. The molecule has 0 saturated heterocycles. The van der Waals surface area contributed by atoms with Crippen molar-refractivity contribution in [2.45, 2.75) is 19.3 Å². The molecule has 3 nitrogen and oxygen atoms in total. The minimum Gasteiger partial charge on any atom is -0.439 e. The third-order valence-electron chi connectivity index (χ3n) is 3.02. The summed E-state index contributed by atoms with van der Waals surface area (Å²) in [5.41, 5.74) is 8.95. The Morgan fingerprint density at radius 2 is 2.06 bits per heavy atom. The number of halogens is 1. The van der Waals surface area contributed by atoms with E-state index in [4.69, 9.17) is 10.5 Å². The molecule has 2 aromatic rings. The second-order valence-corrected chi connectivity index (χ2v) is 5.35. The highest BCUT2D eigenvalue weighted by atomic mass is 79.9. The van der Waals surface area contributed by atoms with Crippen molar-refractivity contribution in [3.63, 3.8) is 0 Å². The van der Waals surface area contributed by atoms with Crippen LogP contribution in [0.1, 0.15) is 17.7 Å². The van der Waals surface area contributed by atoms with Crippen LogP contribution in [0.15, 0.2) is 34.8 Å². The predicted octanol–water partition coefficient (Wildman–Crippen LogP) is 3.71. The highest BCUT2D eigenvalue weighted by Crippen LogP contribution is 2.28. The first-order valence-corrected chi connectivity index (χ1v) is 6.73. The van der Waals surface area contributed by atoms with Gasteiger partial charge in [0.15, 0.2) is 0 Å². The second kappa shape index (κ2) is 4.61. The summed E-state index contributed by atoms with van der Waals surface area (Å²) >= 11 is 3.40. The number of hydrogen-bond donors (Lipinski definition) is 1. The highest BCUT2D eigenvalue weighted by Gasteiger charge is 2.13. The maximum atomic E-state index is 5.77. The number of nitrogens with zero attached hydrogens (tertiary/aromatic N) is 1. The number of hydrogen-bond acceptors (Lipinski definition) is 3. The lowest BCUT2D eigenvalue weighted by Crippen LogP contribution is -1.94. The van der Waals surface area contributed by atoms with Crippen molar-refractivity contribution in [2.24, 2.45) is 0 Å². The Balaban J connectivity index is 1.88. The molecule has 0 saturated carbocycles. The van der Waals surface area contributed by atoms with Crippen LogP contribution in [-0.4, -0.2) is 4.98 Å². The number of nitrogens with two attached hydrogens (primary N) is 1. The van der Waals surface area contributed by atoms with E-state index in [-0.39, 0.29) is 0 Å². The molecule has 1 heterocycles. The van der Waals surface area contributed by atoms with Crippen LogP contribution in [0, 0.1) is 0 Å². The van der Waals surface area contributed by atoms with E-state index in [0.29, 0.717) is 17.3 Å². The molecule has 1 aliphatic carbocycles. The molecule has 18 heavy (non-hydrogen) atoms. The zero-order valence-corrected chi connectivity index (χ0v) is 11.4. The van der Waals surface area contributed by atoms with Crippen LogP contribution in [0.2, 0.25) is 0 Å². The Kier molecular flexibility index (Phi) is 2.96. The number of benzene rings is 1. The van der Waals surface area contributed by atoms with E-state index in [9.17, 15) is 0 Å². The minimum absolute atomic E-state index is 0.633. The molecule has 0 spiro atoms. The van der Waals surface area contributed by atoms with Gasteiger partial charge in [0.1, 0.15) is 5.75 Å². The Morgan fingerprint density at radius 1 is 1.17 bits per heavy atom. The van der Waals surface area contributed by atoms with Crippen molar-refractivity contribution in [2.75, 3.05) is 5.73 Å². The molecular weight excluding hydrogens is 292 g/mol. The molecule has 0 bridgehead atoms. The molecule has 2 N–H and O–H groups in total. The quantitative estimate of drug-likeness (QED) is 0.861. The van der Waals surface area contributed by atoms with Crippen LogP contribution >= 0.6 is 15.9 Å². The Labute approximate surface area is 114 Å². The van der Waals surface area contributed by atoms with Gasteiger partial charge in [-0.25, -0.2) is 4.98 Å². The molecule has 1 aromatic carbocycles. The number of ether oxygens (including phenoxy) is 1. The molecule has 0 aliphatic heterocycles. The lowest BCUT2D eigenvalue weighted by Gasteiger charge is -2.07. The fraction of sp³-hybridized carbons (Fsp3) is 0.214. The van der Waals surface area contributed by atoms with Gasteiger partial charge in [0.05, 0.1) is 0 Å². The number of rotatable bonds is 2. The van der Waals surface area contributed by atoms with Crippen LogP contribution in [0.5, 0.6) is 11.6 Å². The number of pyridine rings is 1. The van der Waals surface area contributed by atoms with Crippen molar-refractivity contribution in [3.05, 3.63) is 46.1 Å². The van der Waals surface area contributed by atoms with Gasteiger partial charge in [-0.15, -0.1) is 0 Å². The third-order valence-corrected chi connectivity index (χ3v) is 3.48. The zero-order chi connectivity index (χ0) is 12.5. The van der Waals surface area contributed by atoms with Crippen molar-refractivity contribution >= 4 is 21.6 Å². The fourth-order valence-electron chi connectivity index (χ4n) is 2.22. The number of aryl methyl sites for hydroxylation is 2. The van der Waals surface area contributed by atoms with Crippen molar-refractivity contribution < 1.29 is 4.74 Å². The molecule has 3 rings (SSSR count). The third kappa shape index (κ3) is 2.34. The molecular formula is C14H13BrN2O. The van der Waals surface area contributed by atoms with Gasteiger partial charge >= 0.3 is 0 Å². The van der Waals surface area contributed by atoms with E-state index >= 15 is 0 Å². The Hall–Kier alpha value is -1.55. The smallest absolute Gasteiger partial charge is 0.219 e. The summed E-state index contributed by atoms with van der Waals surface area (Å²) < 4.78 is 6.65. The van der Waals surface area contributed by atoms with Crippen molar-refractivity contribution in [1.29, 1.82) is 0 Å². The van der Waals surface area contributed by atoms with E-state index in [1.54, 1.807) is 6.07 Å². The molecule has 0 radical (unpaired) electrons. The molecule has 0 amide bonds. The lowest BCUT2D eigenvalue weighted by atomic mass is 10.2. The Bertz CT molecular complexity index is 578. The summed E-state index contributed by atoms with van der Waals surface area (Å²) in [5.74, 6) is 1.33. The van der Waals surface area contributed by atoms with Gasteiger partial charge in [-0.3, -0.25) is 0 Å².